The Balaban J connectivity index is 1.16. The third kappa shape index (κ3) is 4.30. The predicted octanol–water partition coefficient (Wildman–Crippen LogP) is 6.47. The van der Waals surface area contributed by atoms with Crippen molar-refractivity contribution in [2.75, 3.05) is 6.54 Å². The second-order valence-corrected chi connectivity index (χ2v) is 11.9. The van der Waals surface area contributed by atoms with Crippen LogP contribution in [0.4, 0.5) is 0 Å². The molecule has 184 valence electrons. The predicted molar refractivity (Wildman–Crippen MR) is 141 cm³/mol. The molecule has 1 aromatic heterocycles. The molecule has 35 heavy (non-hydrogen) atoms. The topological polar surface area (TPSA) is 46.9 Å². The molecule has 0 aliphatic heterocycles. The Bertz CT molecular complexity index is 1170. The lowest BCUT2D eigenvalue weighted by atomic mass is 9.49. The molecule has 2 aromatic carbocycles. The van der Waals surface area contributed by atoms with E-state index in [9.17, 15) is 4.79 Å². The first-order chi connectivity index (χ1) is 17.0. The van der Waals surface area contributed by atoms with E-state index in [0.29, 0.717) is 18.4 Å². The van der Waals surface area contributed by atoms with E-state index in [4.69, 9.17) is 4.98 Å². The number of para-hydroxylation sites is 2. The molecule has 4 fully saturated rings. The largest absolute Gasteiger partial charge is 0.355 e. The summed E-state index contributed by atoms with van der Waals surface area (Å²) in [5, 5.41) is 3.36. The average Bonchev–Trinajstić information content (AvgIpc) is 3.20. The number of benzene rings is 2. The number of hydrogen-bond donors (Lipinski definition) is 1. The van der Waals surface area contributed by atoms with E-state index in [0.717, 1.165) is 67.7 Å². The molecule has 4 saturated carbocycles. The number of nitrogens with zero attached hydrogens (tertiary/aromatic N) is 2. The number of nitrogens with one attached hydrogen (secondary N) is 1. The Morgan fingerprint density at radius 3 is 2.34 bits per heavy atom. The number of aromatic nitrogens is 2. The van der Waals surface area contributed by atoms with Crippen molar-refractivity contribution < 1.29 is 4.79 Å². The van der Waals surface area contributed by atoms with Gasteiger partial charge in [-0.05, 0) is 91.9 Å². The van der Waals surface area contributed by atoms with Crippen molar-refractivity contribution in [1.82, 2.24) is 14.9 Å². The molecule has 0 radical (unpaired) electrons. The molecular formula is C31H39N3O. The van der Waals surface area contributed by atoms with Crippen molar-refractivity contribution in [2.45, 2.75) is 77.7 Å². The van der Waals surface area contributed by atoms with Gasteiger partial charge in [0, 0.05) is 24.9 Å². The third-order valence-electron chi connectivity index (χ3n) is 9.39. The summed E-state index contributed by atoms with van der Waals surface area (Å²) in [4.78, 5) is 18.4. The van der Waals surface area contributed by atoms with Gasteiger partial charge in [-0.1, -0.05) is 50.2 Å². The van der Waals surface area contributed by atoms with E-state index in [2.05, 4.69) is 72.3 Å². The summed E-state index contributed by atoms with van der Waals surface area (Å²) in [6, 6.07) is 17.5. The van der Waals surface area contributed by atoms with Crippen LogP contribution < -0.4 is 5.32 Å². The van der Waals surface area contributed by atoms with E-state index in [1.165, 1.54) is 35.9 Å². The Kier molecular flexibility index (Phi) is 5.94. The molecule has 4 aliphatic rings. The summed E-state index contributed by atoms with van der Waals surface area (Å²) in [6.07, 6.45) is 9.39. The van der Waals surface area contributed by atoms with Crippen molar-refractivity contribution in [3.05, 3.63) is 65.5 Å². The molecule has 1 amide bonds. The minimum Gasteiger partial charge on any atom is -0.355 e. The number of carbonyl (C=O) groups is 1. The smallest absolute Gasteiger partial charge is 0.226 e. The zero-order valence-electron chi connectivity index (χ0n) is 21.3. The van der Waals surface area contributed by atoms with Crippen LogP contribution in [0, 0.1) is 23.2 Å². The molecule has 0 spiro atoms. The van der Waals surface area contributed by atoms with Crippen LogP contribution in [0.2, 0.25) is 0 Å². The summed E-state index contributed by atoms with van der Waals surface area (Å²) in [5.41, 5.74) is 4.82. The highest BCUT2D eigenvalue weighted by molar-refractivity contribution is 5.83. The maximum atomic E-state index is 13.4. The van der Waals surface area contributed by atoms with Crippen molar-refractivity contribution in [3.8, 4) is 0 Å². The lowest BCUT2D eigenvalue weighted by Gasteiger charge is -2.55. The minimum absolute atomic E-state index is 0.0771. The minimum atomic E-state index is -0.0771. The van der Waals surface area contributed by atoms with Gasteiger partial charge in [0.25, 0.3) is 0 Å². The highest BCUT2D eigenvalue weighted by atomic mass is 16.2. The summed E-state index contributed by atoms with van der Waals surface area (Å²) in [7, 11) is 0. The van der Waals surface area contributed by atoms with Crippen LogP contribution in [0.15, 0.2) is 48.5 Å². The van der Waals surface area contributed by atoms with Crippen molar-refractivity contribution in [2.24, 2.45) is 23.2 Å². The molecule has 3 aromatic rings. The fourth-order valence-corrected chi connectivity index (χ4v) is 7.73. The second kappa shape index (κ2) is 9.11. The second-order valence-electron chi connectivity index (χ2n) is 11.9. The number of amides is 1. The van der Waals surface area contributed by atoms with Gasteiger partial charge >= 0.3 is 0 Å². The summed E-state index contributed by atoms with van der Waals surface area (Å²) in [6.45, 7) is 6.00. The average molecular weight is 470 g/mol. The van der Waals surface area contributed by atoms with Crippen molar-refractivity contribution in [1.29, 1.82) is 0 Å². The molecule has 4 bridgehead atoms. The maximum Gasteiger partial charge on any atom is 0.226 e. The Hall–Kier alpha value is -2.62. The Labute approximate surface area is 209 Å². The Morgan fingerprint density at radius 1 is 1.03 bits per heavy atom. The molecular weight excluding hydrogens is 430 g/mol. The van der Waals surface area contributed by atoms with Crippen LogP contribution in [-0.2, 0) is 17.8 Å². The zero-order valence-corrected chi connectivity index (χ0v) is 21.3. The van der Waals surface area contributed by atoms with Crippen molar-refractivity contribution in [3.63, 3.8) is 0 Å². The lowest BCUT2D eigenvalue weighted by Crippen LogP contribution is -2.53. The van der Waals surface area contributed by atoms with Gasteiger partial charge in [-0.3, -0.25) is 4.79 Å². The molecule has 4 heteroatoms. The van der Waals surface area contributed by atoms with Crippen LogP contribution in [0.3, 0.4) is 0 Å². The molecule has 1 atom stereocenters. The summed E-state index contributed by atoms with van der Waals surface area (Å²) < 4.78 is 2.34. The van der Waals surface area contributed by atoms with Gasteiger partial charge in [0.05, 0.1) is 11.0 Å². The molecule has 7 rings (SSSR count). The van der Waals surface area contributed by atoms with Gasteiger partial charge in [0.2, 0.25) is 5.91 Å². The third-order valence-corrected chi connectivity index (χ3v) is 9.39. The van der Waals surface area contributed by atoms with E-state index in [-0.39, 0.29) is 5.41 Å². The monoisotopic (exact) mass is 469 g/mol. The number of imidazole rings is 1. The van der Waals surface area contributed by atoms with Gasteiger partial charge in [0.1, 0.15) is 5.82 Å². The first-order valence-corrected chi connectivity index (χ1v) is 13.8. The van der Waals surface area contributed by atoms with Gasteiger partial charge < -0.3 is 9.88 Å². The van der Waals surface area contributed by atoms with E-state index in [1.807, 2.05) is 0 Å². The SMILES string of the molecule is CCC(C)c1ccc(Cn2c(CCNC(=O)C34CC5CC(CC(C5)C3)C4)nc3ccccc32)cc1. The normalized spacial score (nSPS) is 27.9. The highest BCUT2D eigenvalue weighted by Crippen LogP contribution is 2.60. The Morgan fingerprint density at radius 2 is 1.69 bits per heavy atom. The fourth-order valence-electron chi connectivity index (χ4n) is 7.73. The first kappa shape index (κ1) is 22.8. The standard InChI is InChI=1S/C31H39N3O/c1-3-21(2)26-10-8-22(9-11-26)20-34-28-7-5-4-6-27(28)33-29(34)12-13-32-30(35)31-17-23-14-24(18-31)16-25(15-23)19-31/h4-11,21,23-25H,3,12-20H2,1-2H3,(H,32,35). The molecule has 4 nitrogen and oxygen atoms in total. The van der Waals surface area contributed by atoms with Crippen LogP contribution in [0.25, 0.3) is 11.0 Å². The van der Waals surface area contributed by atoms with E-state index >= 15 is 0 Å². The quantitative estimate of drug-likeness (QED) is 0.411. The number of hydrogen-bond acceptors (Lipinski definition) is 2. The van der Waals surface area contributed by atoms with E-state index in [1.54, 1.807) is 0 Å². The van der Waals surface area contributed by atoms with E-state index < -0.39 is 0 Å². The van der Waals surface area contributed by atoms with Crippen LogP contribution in [0.1, 0.15) is 81.7 Å². The maximum absolute atomic E-state index is 13.4. The fraction of sp³-hybridized carbons (Fsp3) is 0.548. The number of rotatable bonds is 8. The molecule has 4 aliphatic carbocycles. The van der Waals surface area contributed by atoms with Gasteiger partial charge in [-0.15, -0.1) is 0 Å². The van der Waals surface area contributed by atoms with Gasteiger partial charge in [-0.2, -0.15) is 0 Å². The highest BCUT2D eigenvalue weighted by Gasteiger charge is 2.54. The summed E-state index contributed by atoms with van der Waals surface area (Å²) in [5.74, 6) is 4.35. The zero-order chi connectivity index (χ0) is 24.0. The molecule has 0 saturated heterocycles. The lowest BCUT2D eigenvalue weighted by molar-refractivity contribution is -0.146. The summed E-state index contributed by atoms with van der Waals surface area (Å²) >= 11 is 0. The van der Waals surface area contributed by atoms with Crippen LogP contribution in [0.5, 0.6) is 0 Å². The molecule has 1 unspecified atom stereocenters. The number of fused-ring (bicyclic) bond motifs is 1. The van der Waals surface area contributed by atoms with Gasteiger partial charge in [-0.25, -0.2) is 4.98 Å². The van der Waals surface area contributed by atoms with Crippen LogP contribution in [-0.4, -0.2) is 22.0 Å². The van der Waals surface area contributed by atoms with Gasteiger partial charge in [0.15, 0.2) is 0 Å². The molecule has 1 heterocycles. The van der Waals surface area contributed by atoms with Crippen molar-refractivity contribution >= 4 is 16.9 Å². The number of carbonyl (C=O) groups excluding carboxylic acids is 1. The molecule has 1 N–H and O–H groups in total. The van der Waals surface area contributed by atoms with Crippen LogP contribution >= 0.6 is 0 Å². The first-order valence-electron chi connectivity index (χ1n) is 13.8.